The summed E-state index contributed by atoms with van der Waals surface area (Å²) >= 11 is 1.53. The van der Waals surface area contributed by atoms with E-state index in [-0.39, 0.29) is 12.5 Å². The summed E-state index contributed by atoms with van der Waals surface area (Å²) in [6.45, 7) is 3.87. The maximum absolute atomic E-state index is 12.4. The first-order valence-corrected chi connectivity index (χ1v) is 9.72. The molecule has 6 heteroatoms. The first kappa shape index (κ1) is 18.1. The minimum atomic E-state index is -0.200. The van der Waals surface area contributed by atoms with Crippen LogP contribution in [0.4, 0.5) is 5.69 Å². The van der Waals surface area contributed by atoms with E-state index in [0.29, 0.717) is 5.75 Å². The summed E-state index contributed by atoms with van der Waals surface area (Å²) in [6.07, 6.45) is 1.76. The Labute approximate surface area is 167 Å². The predicted octanol–water partition coefficient (Wildman–Crippen LogP) is 4.99. The number of fused-ring (bicyclic) bond motifs is 1. The lowest BCUT2D eigenvalue weighted by atomic mass is 10.1. The van der Waals surface area contributed by atoms with Crippen molar-refractivity contribution in [2.24, 2.45) is 0 Å². The van der Waals surface area contributed by atoms with Crippen LogP contribution in [0.1, 0.15) is 11.1 Å². The van der Waals surface area contributed by atoms with Crippen molar-refractivity contribution in [2.45, 2.75) is 13.8 Å². The number of carbonyl (C=O) groups excluding carboxylic acids is 1. The van der Waals surface area contributed by atoms with Crippen LogP contribution in [0.15, 0.2) is 60.8 Å². The fourth-order valence-electron chi connectivity index (χ4n) is 2.83. The van der Waals surface area contributed by atoms with Gasteiger partial charge < -0.3 is 10.1 Å². The number of nitrogens with one attached hydrogen (secondary N) is 1. The molecule has 0 bridgehead atoms. The molecule has 0 fully saturated rings. The zero-order valence-corrected chi connectivity index (χ0v) is 16.4. The average molecular weight is 389 g/mol. The molecule has 0 radical (unpaired) electrons. The average Bonchev–Trinajstić information content (AvgIpc) is 3.13. The van der Waals surface area contributed by atoms with Crippen LogP contribution in [0.3, 0.4) is 0 Å². The Kier molecular flexibility index (Phi) is 5.04. The third kappa shape index (κ3) is 3.87. The minimum absolute atomic E-state index is 0.0421. The van der Waals surface area contributed by atoms with E-state index >= 15 is 0 Å². The van der Waals surface area contributed by atoms with Gasteiger partial charge in [-0.1, -0.05) is 41.7 Å². The number of para-hydroxylation sites is 1. The number of amides is 1. The Morgan fingerprint density at radius 1 is 1.07 bits per heavy atom. The number of pyridine rings is 1. The van der Waals surface area contributed by atoms with Crippen LogP contribution >= 0.6 is 11.3 Å². The van der Waals surface area contributed by atoms with Gasteiger partial charge in [0.25, 0.3) is 5.91 Å². The summed E-state index contributed by atoms with van der Waals surface area (Å²) in [5.74, 6) is 0.513. The van der Waals surface area contributed by atoms with Gasteiger partial charge in [0.05, 0.1) is 0 Å². The molecule has 0 saturated heterocycles. The number of aromatic nitrogens is 2. The van der Waals surface area contributed by atoms with Crippen LogP contribution in [-0.4, -0.2) is 22.5 Å². The van der Waals surface area contributed by atoms with Gasteiger partial charge in [-0.15, -0.1) is 0 Å². The number of carbonyl (C=O) groups is 1. The lowest BCUT2D eigenvalue weighted by molar-refractivity contribution is -0.118. The molecule has 1 N–H and O–H groups in total. The van der Waals surface area contributed by atoms with Gasteiger partial charge in [0.15, 0.2) is 6.61 Å². The van der Waals surface area contributed by atoms with Crippen molar-refractivity contribution in [2.75, 3.05) is 11.9 Å². The van der Waals surface area contributed by atoms with E-state index in [1.807, 2.05) is 68.4 Å². The maximum atomic E-state index is 12.4. The summed E-state index contributed by atoms with van der Waals surface area (Å²) in [5, 5.41) is 3.82. The smallest absolute Gasteiger partial charge is 0.262 e. The van der Waals surface area contributed by atoms with E-state index < -0.39 is 0 Å². The molecule has 1 amide bonds. The van der Waals surface area contributed by atoms with Crippen LogP contribution in [0.25, 0.3) is 20.9 Å². The van der Waals surface area contributed by atoms with Crippen LogP contribution in [0, 0.1) is 13.8 Å². The zero-order chi connectivity index (χ0) is 19.5. The van der Waals surface area contributed by atoms with Gasteiger partial charge in [-0.05, 0) is 49.2 Å². The summed E-state index contributed by atoms with van der Waals surface area (Å²) < 4.78 is 5.63. The van der Waals surface area contributed by atoms with Gasteiger partial charge in [0, 0.05) is 17.4 Å². The highest BCUT2D eigenvalue weighted by Gasteiger charge is 2.11. The lowest BCUT2D eigenvalue weighted by Crippen LogP contribution is -2.20. The first-order chi connectivity index (χ1) is 13.6. The highest BCUT2D eigenvalue weighted by Crippen LogP contribution is 2.31. The second-order valence-electron chi connectivity index (χ2n) is 6.48. The number of nitrogens with zero attached hydrogens (tertiary/aromatic N) is 2. The predicted molar refractivity (Wildman–Crippen MR) is 113 cm³/mol. The van der Waals surface area contributed by atoms with Crippen molar-refractivity contribution < 1.29 is 9.53 Å². The molecule has 0 atom stereocenters. The van der Waals surface area contributed by atoms with Crippen LogP contribution in [0.5, 0.6) is 5.75 Å². The normalized spacial score (nSPS) is 10.8. The molecule has 5 nitrogen and oxygen atoms in total. The van der Waals surface area contributed by atoms with Gasteiger partial charge in [-0.25, -0.2) is 9.97 Å². The molecule has 2 aromatic carbocycles. The number of aryl methyl sites for hydroxylation is 2. The molecule has 0 unspecified atom stereocenters. The van der Waals surface area contributed by atoms with Gasteiger partial charge in [-0.2, -0.15) is 0 Å². The van der Waals surface area contributed by atoms with Gasteiger partial charge in [0.2, 0.25) is 0 Å². The number of hydrogen-bond acceptors (Lipinski definition) is 5. The quantitative estimate of drug-likeness (QED) is 0.522. The van der Waals surface area contributed by atoms with Gasteiger partial charge >= 0.3 is 0 Å². The van der Waals surface area contributed by atoms with E-state index in [0.717, 1.165) is 37.7 Å². The standard InChI is InChI=1S/C22H19N3O2S/c1-14-9-10-16(21-25-17-7-5-11-23-22(17)28-21)12-18(14)24-20(26)13-27-19-8-4-3-6-15(19)2/h3-12H,13H2,1-2H3,(H,24,26). The topological polar surface area (TPSA) is 64.1 Å². The van der Waals surface area contributed by atoms with Crippen molar-refractivity contribution >= 4 is 33.3 Å². The third-order valence-corrected chi connectivity index (χ3v) is 5.41. The van der Waals surface area contributed by atoms with Crippen LogP contribution < -0.4 is 10.1 Å². The van der Waals surface area contributed by atoms with E-state index in [4.69, 9.17) is 4.74 Å². The fourth-order valence-corrected chi connectivity index (χ4v) is 3.73. The van der Waals surface area contributed by atoms with Gasteiger partial charge in [-0.3, -0.25) is 4.79 Å². The number of benzene rings is 2. The molecule has 28 heavy (non-hydrogen) atoms. The molecule has 4 aromatic rings. The number of thiazole rings is 1. The second kappa shape index (κ2) is 7.78. The molecule has 0 aliphatic heterocycles. The molecule has 2 heterocycles. The first-order valence-electron chi connectivity index (χ1n) is 8.91. The summed E-state index contributed by atoms with van der Waals surface area (Å²) in [6, 6.07) is 17.4. The number of rotatable bonds is 5. The Hall–Kier alpha value is -3.25. The highest BCUT2D eigenvalue weighted by molar-refractivity contribution is 7.21. The molecule has 0 aliphatic carbocycles. The molecule has 0 saturated carbocycles. The Bertz CT molecular complexity index is 1120. The number of anilines is 1. The minimum Gasteiger partial charge on any atom is -0.483 e. The molecular formula is C22H19N3O2S. The van der Waals surface area contributed by atoms with E-state index in [2.05, 4.69) is 15.3 Å². The van der Waals surface area contributed by atoms with E-state index in [1.54, 1.807) is 6.20 Å². The highest BCUT2D eigenvalue weighted by atomic mass is 32.1. The maximum Gasteiger partial charge on any atom is 0.262 e. The monoisotopic (exact) mass is 389 g/mol. The summed E-state index contributed by atoms with van der Waals surface area (Å²) in [7, 11) is 0. The molecule has 2 aromatic heterocycles. The Morgan fingerprint density at radius 3 is 2.75 bits per heavy atom. The molecule has 140 valence electrons. The molecule has 0 spiro atoms. The second-order valence-corrected chi connectivity index (χ2v) is 7.46. The van der Waals surface area contributed by atoms with Crippen molar-refractivity contribution in [1.29, 1.82) is 0 Å². The van der Waals surface area contributed by atoms with Crippen molar-refractivity contribution in [3.63, 3.8) is 0 Å². The van der Waals surface area contributed by atoms with Crippen LogP contribution in [-0.2, 0) is 4.79 Å². The third-order valence-electron chi connectivity index (χ3n) is 4.38. The Morgan fingerprint density at radius 2 is 1.93 bits per heavy atom. The molecule has 0 aliphatic rings. The van der Waals surface area contributed by atoms with E-state index in [1.165, 1.54) is 11.3 Å². The van der Waals surface area contributed by atoms with Crippen molar-refractivity contribution in [1.82, 2.24) is 9.97 Å². The summed E-state index contributed by atoms with van der Waals surface area (Å²) in [4.78, 5) is 22.3. The van der Waals surface area contributed by atoms with Gasteiger partial charge in [0.1, 0.15) is 21.1 Å². The van der Waals surface area contributed by atoms with Crippen molar-refractivity contribution in [3.8, 4) is 16.3 Å². The summed E-state index contributed by atoms with van der Waals surface area (Å²) in [5.41, 5.74) is 4.55. The number of ether oxygens (including phenoxy) is 1. The SMILES string of the molecule is Cc1ccc(-c2nc3cccnc3s2)cc1NC(=O)COc1ccccc1C. The number of hydrogen-bond donors (Lipinski definition) is 1. The molecular weight excluding hydrogens is 370 g/mol. The lowest BCUT2D eigenvalue weighted by Gasteiger charge is -2.12. The fraction of sp³-hybridized carbons (Fsp3) is 0.136. The van der Waals surface area contributed by atoms with E-state index in [9.17, 15) is 4.79 Å². The molecule has 4 rings (SSSR count). The van der Waals surface area contributed by atoms with Crippen LogP contribution in [0.2, 0.25) is 0 Å². The largest absolute Gasteiger partial charge is 0.483 e. The Balaban J connectivity index is 1.50. The zero-order valence-electron chi connectivity index (χ0n) is 15.6. The van der Waals surface area contributed by atoms with Crippen molar-refractivity contribution in [3.05, 3.63) is 71.9 Å².